The number of anilines is 1. The fraction of sp³-hybridized carbons (Fsp3) is 0.136. The van der Waals surface area contributed by atoms with Crippen LogP contribution in [0.25, 0.3) is 21.7 Å². The summed E-state index contributed by atoms with van der Waals surface area (Å²) in [6.45, 7) is 2.73. The molecule has 0 atom stereocenters. The average molecular weight is 422 g/mol. The molecule has 4 aromatic rings. The third-order valence-electron chi connectivity index (χ3n) is 5.42. The summed E-state index contributed by atoms with van der Waals surface area (Å²) in [5, 5.41) is 7.41. The molecule has 1 aliphatic heterocycles. The molecule has 7 nitrogen and oxygen atoms in total. The second-order valence-electron chi connectivity index (χ2n) is 7.31. The summed E-state index contributed by atoms with van der Waals surface area (Å²) in [5.41, 5.74) is 2.72. The lowest BCUT2D eigenvalue weighted by atomic mass is 10.00. The van der Waals surface area contributed by atoms with Crippen molar-refractivity contribution in [2.45, 2.75) is 18.4 Å². The van der Waals surface area contributed by atoms with Gasteiger partial charge in [0, 0.05) is 28.7 Å². The first-order chi connectivity index (χ1) is 14.3. The van der Waals surface area contributed by atoms with E-state index in [1.807, 2.05) is 36.1 Å². The van der Waals surface area contributed by atoms with Crippen molar-refractivity contribution >= 4 is 37.5 Å². The SMILES string of the molecule is Cc1c2c(cc3c1oc(=O)c1ccccc13)CN(c1ccc(S(N)(=O)=O)cc1)CO2. The van der Waals surface area contributed by atoms with Crippen LogP contribution in [0.1, 0.15) is 11.1 Å². The van der Waals surface area contributed by atoms with E-state index in [4.69, 9.17) is 14.3 Å². The first-order valence-corrected chi connectivity index (χ1v) is 10.9. The van der Waals surface area contributed by atoms with Gasteiger partial charge < -0.3 is 14.1 Å². The van der Waals surface area contributed by atoms with Crippen LogP contribution in [-0.2, 0) is 16.6 Å². The number of hydrogen-bond acceptors (Lipinski definition) is 6. The summed E-state index contributed by atoms with van der Waals surface area (Å²) in [4.78, 5) is 14.4. The second kappa shape index (κ2) is 6.58. The van der Waals surface area contributed by atoms with E-state index >= 15 is 0 Å². The van der Waals surface area contributed by atoms with Crippen molar-refractivity contribution in [2.75, 3.05) is 11.6 Å². The number of benzene rings is 3. The van der Waals surface area contributed by atoms with Crippen LogP contribution in [0.5, 0.6) is 5.75 Å². The Labute approximate surface area is 172 Å². The minimum atomic E-state index is -3.74. The lowest BCUT2D eigenvalue weighted by Crippen LogP contribution is -2.32. The number of hydrogen-bond donors (Lipinski definition) is 1. The van der Waals surface area contributed by atoms with Crippen LogP contribution < -0.4 is 20.4 Å². The third-order valence-corrected chi connectivity index (χ3v) is 6.35. The smallest absolute Gasteiger partial charge is 0.344 e. The quantitative estimate of drug-likeness (QED) is 0.393. The number of primary sulfonamides is 1. The number of rotatable bonds is 2. The molecule has 0 aliphatic carbocycles. The van der Waals surface area contributed by atoms with Gasteiger partial charge in [0.25, 0.3) is 0 Å². The maximum atomic E-state index is 12.4. The Bertz CT molecular complexity index is 1470. The minimum Gasteiger partial charge on any atom is -0.472 e. The molecular weight excluding hydrogens is 404 g/mol. The topological polar surface area (TPSA) is 103 Å². The molecule has 3 aromatic carbocycles. The minimum absolute atomic E-state index is 0.0629. The number of aryl methyl sites for hydroxylation is 1. The molecule has 0 saturated carbocycles. The van der Waals surface area contributed by atoms with E-state index in [0.717, 1.165) is 27.6 Å². The van der Waals surface area contributed by atoms with Crippen molar-refractivity contribution in [3.8, 4) is 5.75 Å². The predicted molar refractivity (Wildman–Crippen MR) is 114 cm³/mol. The van der Waals surface area contributed by atoms with Gasteiger partial charge in [0.2, 0.25) is 10.0 Å². The van der Waals surface area contributed by atoms with Crippen LogP contribution >= 0.6 is 0 Å². The van der Waals surface area contributed by atoms with Gasteiger partial charge >= 0.3 is 5.63 Å². The van der Waals surface area contributed by atoms with Gasteiger partial charge in [0.1, 0.15) is 11.3 Å². The highest BCUT2D eigenvalue weighted by Gasteiger charge is 2.23. The molecule has 30 heavy (non-hydrogen) atoms. The maximum absolute atomic E-state index is 12.4. The standard InChI is InChI=1S/C22H18N2O5S/c1-13-20-14(10-19-17-4-2-3-5-18(17)22(25)29-21(13)19)11-24(12-28-20)15-6-8-16(9-7-15)30(23,26)27/h2-10H,11-12H2,1H3,(H2,23,26,27). The Balaban J connectivity index is 1.61. The zero-order chi connectivity index (χ0) is 21.0. The summed E-state index contributed by atoms with van der Waals surface area (Å²) < 4.78 is 34.6. The molecule has 8 heteroatoms. The molecule has 152 valence electrons. The Morgan fingerprint density at radius 3 is 2.40 bits per heavy atom. The van der Waals surface area contributed by atoms with E-state index in [0.29, 0.717) is 23.3 Å². The molecular formula is C22H18N2O5S. The van der Waals surface area contributed by atoms with Crippen molar-refractivity contribution in [3.63, 3.8) is 0 Å². The molecule has 1 aliphatic rings. The summed E-state index contributed by atoms with van der Waals surface area (Å²) in [6, 6.07) is 15.7. The van der Waals surface area contributed by atoms with Crippen LogP contribution in [-0.4, -0.2) is 15.1 Å². The molecule has 0 saturated heterocycles. The van der Waals surface area contributed by atoms with Crippen LogP contribution in [0.4, 0.5) is 5.69 Å². The summed E-state index contributed by atoms with van der Waals surface area (Å²) in [5.74, 6) is 0.707. The van der Waals surface area contributed by atoms with E-state index in [9.17, 15) is 13.2 Å². The molecule has 5 rings (SSSR count). The van der Waals surface area contributed by atoms with Crippen LogP contribution in [0.2, 0.25) is 0 Å². The van der Waals surface area contributed by atoms with E-state index < -0.39 is 10.0 Å². The molecule has 0 bridgehead atoms. The Kier molecular flexibility index (Phi) is 4.09. The van der Waals surface area contributed by atoms with E-state index in [1.165, 1.54) is 12.1 Å². The normalized spacial score (nSPS) is 14.0. The molecule has 2 heterocycles. The van der Waals surface area contributed by atoms with Crippen LogP contribution in [0.15, 0.2) is 68.7 Å². The van der Waals surface area contributed by atoms with Crippen LogP contribution in [0.3, 0.4) is 0 Å². The maximum Gasteiger partial charge on any atom is 0.344 e. The fourth-order valence-electron chi connectivity index (χ4n) is 3.95. The van der Waals surface area contributed by atoms with E-state index in [1.54, 1.807) is 18.2 Å². The van der Waals surface area contributed by atoms with Gasteiger partial charge in [-0.3, -0.25) is 0 Å². The van der Waals surface area contributed by atoms with Gasteiger partial charge in [-0.25, -0.2) is 18.4 Å². The fourth-order valence-corrected chi connectivity index (χ4v) is 4.47. The second-order valence-corrected chi connectivity index (χ2v) is 8.87. The Hall–Kier alpha value is -3.36. The van der Waals surface area contributed by atoms with Gasteiger partial charge in [0.05, 0.1) is 10.3 Å². The zero-order valence-corrected chi connectivity index (χ0v) is 16.9. The van der Waals surface area contributed by atoms with Gasteiger partial charge in [-0.1, -0.05) is 18.2 Å². The molecule has 2 N–H and O–H groups in total. The molecule has 0 unspecified atom stereocenters. The van der Waals surface area contributed by atoms with Gasteiger partial charge in [0.15, 0.2) is 6.73 Å². The Morgan fingerprint density at radius 1 is 1.00 bits per heavy atom. The number of fused-ring (bicyclic) bond motifs is 4. The van der Waals surface area contributed by atoms with Crippen molar-refractivity contribution in [2.24, 2.45) is 5.14 Å². The molecule has 0 radical (unpaired) electrons. The molecule has 0 amide bonds. The van der Waals surface area contributed by atoms with Crippen molar-refractivity contribution < 1.29 is 17.6 Å². The highest BCUT2D eigenvalue weighted by atomic mass is 32.2. The number of ether oxygens (including phenoxy) is 1. The summed E-state index contributed by atoms with van der Waals surface area (Å²) in [6.07, 6.45) is 0. The number of sulfonamides is 1. The zero-order valence-electron chi connectivity index (χ0n) is 16.1. The monoisotopic (exact) mass is 422 g/mol. The van der Waals surface area contributed by atoms with Gasteiger partial charge in [-0.05, 0) is 48.7 Å². The largest absolute Gasteiger partial charge is 0.472 e. The summed E-state index contributed by atoms with van der Waals surface area (Å²) >= 11 is 0. The van der Waals surface area contributed by atoms with Gasteiger partial charge in [-0.2, -0.15) is 0 Å². The Morgan fingerprint density at radius 2 is 1.70 bits per heavy atom. The summed E-state index contributed by atoms with van der Waals surface area (Å²) in [7, 11) is -3.74. The van der Waals surface area contributed by atoms with Crippen molar-refractivity contribution in [1.29, 1.82) is 0 Å². The first kappa shape index (κ1) is 18.7. The van der Waals surface area contributed by atoms with Crippen molar-refractivity contribution in [3.05, 3.63) is 76.1 Å². The lowest BCUT2D eigenvalue weighted by molar-refractivity contribution is 0.287. The lowest BCUT2D eigenvalue weighted by Gasteiger charge is -2.32. The predicted octanol–water partition coefficient (Wildman–Crippen LogP) is 3.26. The highest BCUT2D eigenvalue weighted by Crippen LogP contribution is 2.38. The first-order valence-electron chi connectivity index (χ1n) is 9.31. The van der Waals surface area contributed by atoms with E-state index in [-0.39, 0.29) is 17.3 Å². The van der Waals surface area contributed by atoms with E-state index in [2.05, 4.69) is 0 Å². The molecule has 0 spiro atoms. The molecule has 1 aromatic heterocycles. The molecule has 0 fully saturated rings. The number of nitrogens with zero attached hydrogens (tertiary/aromatic N) is 1. The van der Waals surface area contributed by atoms with Crippen LogP contribution in [0, 0.1) is 6.92 Å². The highest BCUT2D eigenvalue weighted by molar-refractivity contribution is 7.89. The average Bonchev–Trinajstić information content (AvgIpc) is 2.74. The van der Waals surface area contributed by atoms with Crippen molar-refractivity contribution in [1.82, 2.24) is 0 Å². The number of nitrogens with two attached hydrogens (primary N) is 1. The third kappa shape index (κ3) is 2.92. The van der Waals surface area contributed by atoms with Gasteiger partial charge in [-0.15, -0.1) is 0 Å².